The number of aromatic nitrogens is 2. The lowest BCUT2D eigenvalue weighted by Crippen LogP contribution is -1.88. The van der Waals surface area contributed by atoms with E-state index in [4.69, 9.17) is 26.3 Å². The molecule has 3 nitrogen and oxygen atoms in total. The second-order valence-corrected chi connectivity index (χ2v) is 14.4. The lowest BCUT2D eigenvalue weighted by atomic mass is 9.91. The molecule has 0 amide bonds. The second-order valence-electron chi connectivity index (χ2n) is 14.4. The summed E-state index contributed by atoms with van der Waals surface area (Å²) in [5.41, 5.74) is 3.25. The van der Waals surface area contributed by atoms with Gasteiger partial charge in [-0.15, -0.1) is 0 Å². The van der Waals surface area contributed by atoms with Crippen molar-refractivity contribution in [2.75, 3.05) is 0 Å². The molecule has 3 heteroatoms. The molecule has 0 saturated heterocycles. The SMILES string of the molecule is [2H]c1c([2H])c([2H])c2c(c1[2H])c1c([2H])c([2H])c([2H])c([2H])c1c1c([2H])c(-c3cccc(-c4ccc5oc6c(-c7cccc(-c8c([2H])c([2H])c9c%10c([2H])c([2H])c([2H])c([2H])c%10c%10c([2H])c([2H])c([2H])c([2H])c%10c9c8[2H])c7)ncnc6c5c4)c3)c([2H])c([2H])c21. The van der Waals surface area contributed by atoms with Gasteiger partial charge in [-0.2, -0.15) is 0 Å². The number of hydrogen-bond acceptors (Lipinski definition) is 3. The molecule has 0 aliphatic heterocycles. The Hall–Kier alpha value is -8.14. The predicted octanol–water partition coefficient (Wildman–Crippen LogP) is 16.0. The first-order valence-electron chi connectivity index (χ1n) is 30.0. The molecule has 0 bridgehead atoms. The van der Waals surface area contributed by atoms with Crippen LogP contribution in [0.3, 0.4) is 0 Å². The van der Waals surface area contributed by atoms with Crippen LogP contribution in [0.5, 0.6) is 0 Å². The third-order valence-electron chi connectivity index (χ3n) is 11.0. The zero-order valence-electron chi connectivity index (χ0n) is 53.2. The van der Waals surface area contributed by atoms with Crippen LogP contribution in [0.15, 0.2) is 210 Å². The van der Waals surface area contributed by atoms with E-state index in [0.717, 1.165) is 0 Å². The Morgan fingerprint density at radius 3 is 1.26 bits per heavy atom. The zero-order chi connectivity index (χ0) is 59.2. The van der Waals surface area contributed by atoms with Gasteiger partial charge in [-0.25, -0.2) is 9.97 Å². The molecule has 11 aromatic carbocycles. The smallest absolute Gasteiger partial charge is 0.180 e. The Kier molecular flexibility index (Phi) is 4.07. The van der Waals surface area contributed by atoms with E-state index in [1.54, 1.807) is 60.7 Å². The van der Waals surface area contributed by atoms with Gasteiger partial charge in [0.25, 0.3) is 0 Å². The predicted molar refractivity (Wildman–Crippen MR) is 256 cm³/mol. The van der Waals surface area contributed by atoms with Crippen molar-refractivity contribution in [2.24, 2.45) is 0 Å². The number of fused-ring (bicyclic) bond motifs is 15. The van der Waals surface area contributed by atoms with Gasteiger partial charge in [0, 0.05) is 10.9 Å². The van der Waals surface area contributed by atoms with Gasteiger partial charge in [-0.05, 0) is 134 Å². The highest BCUT2D eigenvalue weighted by Gasteiger charge is 2.18. The fourth-order valence-electron chi connectivity index (χ4n) is 8.24. The van der Waals surface area contributed by atoms with Gasteiger partial charge >= 0.3 is 0 Å². The molecular weight excluding hydrogens is 741 g/mol. The quantitative estimate of drug-likeness (QED) is 0.167. The average Bonchev–Trinajstić information content (AvgIpc) is 2.60. The van der Waals surface area contributed by atoms with Crippen molar-refractivity contribution < 1.29 is 34.6 Å². The lowest BCUT2D eigenvalue weighted by molar-refractivity contribution is 0.667. The van der Waals surface area contributed by atoms with Crippen molar-refractivity contribution in [1.82, 2.24) is 9.97 Å². The highest BCUT2D eigenvalue weighted by atomic mass is 16.3. The number of hydrogen-bond donors (Lipinski definition) is 0. The van der Waals surface area contributed by atoms with Crippen LogP contribution in [0.25, 0.3) is 131 Å². The molecule has 0 radical (unpaired) electrons. The second kappa shape index (κ2) is 13.2. The van der Waals surface area contributed by atoms with Gasteiger partial charge in [0.05, 0.1) is 30.2 Å². The van der Waals surface area contributed by atoms with Gasteiger partial charge in [-0.1, -0.05) is 163 Å². The van der Waals surface area contributed by atoms with Crippen LogP contribution in [0.4, 0.5) is 0 Å². The minimum absolute atomic E-state index is 0.0732. The van der Waals surface area contributed by atoms with E-state index in [1.807, 2.05) is 6.07 Å². The molecular formula is C58H34N2O. The van der Waals surface area contributed by atoms with Crippen molar-refractivity contribution in [3.05, 3.63) is 206 Å². The molecule has 0 aliphatic carbocycles. The van der Waals surface area contributed by atoms with Crippen molar-refractivity contribution in [3.63, 3.8) is 0 Å². The van der Waals surface area contributed by atoms with E-state index < -0.39 is 133 Å². The molecule has 0 N–H and O–H groups in total. The van der Waals surface area contributed by atoms with Gasteiger partial charge in [0.1, 0.15) is 23.1 Å². The number of benzene rings is 11. The number of nitrogens with zero attached hydrogens (tertiary/aromatic N) is 2. The topological polar surface area (TPSA) is 38.9 Å². The Bertz CT molecular complexity index is 5170. The highest BCUT2D eigenvalue weighted by molar-refractivity contribution is 6.27. The first-order chi connectivity index (χ1) is 39.4. The molecule has 0 aliphatic rings. The van der Waals surface area contributed by atoms with Crippen molar-refractivity contribution in [3.8, 4) is 44.6 Å². The van der Waals surface area contributed by atoms with E-state index in [9.17, 15) is 8.22 Å². The molecule has 2 aromatic heterocycles. The molecule has 0 spiro atoms. The average molecular weight is 797 g/mol. The maximum atomic E-state index is 9.72. The molecule has 0 unspecified atom stereocenters. The summed E-state index contributed by atoms with van der Waals surface area (Å²) in [6.07, 6.45) is 1.32. The molecule has 2 heterocycles. The Balaban J connectivity index is 0.962. The standard InChI is InChI=1S/C58H34N2O/c1-3-19-46-42(15-1)44-17-5-7-21-48(44)52-31-38(23-26-50(46)52)35-11-9-12-36(29-35)40-25-28-55-54(33-40)57-58(61-55)56(59-34-60-57)41-14-10-13-37(30-41)39-24-27-51-47-20-4-2-16-43(47)45-18-6-8-22-49(45)53(51)32-39/h1-34H/i1D,2D,3D,4D,5D,6D,7D,8D,15D,16D,17D,18D,19D,20D,21D,22D,23D,24D,26D,27D,31D,32D. The number of rotatable bonds is 4. The van der Waals surface area contributed by atoms with Gasteiger partial charge in [0.15, 0.2) is 5.58 Å². The van der Waals surface area contributed by atoms with E-state index in [1.165, 1.54) is 6.33 Å². The van der Waals surface area contributed by atoms with Crippen LogP contribution >= 0.6 is 0 Å². The summed E-state index contributed by atoms with van der Waals surface area (Å²) >= 11 is 0. The van der Waals surface area contributed by atoms with Crippen LogP contribution in [-0.4, -0.2) is 9.97 Å². The van der Waals surface area contributed by atoms with Gasteiger partial charge in [-0.3, -0.25) is 0 Å². The van der Waals surface area contributed by atoms with Gasteiger partial charge < -0.3 is 4.42 Å². The van der Waals surface area contributed by atoms with Crippen LogP contribution in [-0.2, 0) is 0 Å². The third-order valence-corrected chi connectivity index (χ3v) is 11.0. The third kappa shape index (κ3) is 5.24. The van der Waals surface area contributed by atoms with Crippen LogP contribution < -0.4 is 0 Å². The molecule has 0 fully saturated rings. The van der Waals surface area contributed by atoms with Crippen molar-refractivity contribution >= 4 is 86.7 Å². The normalized spacial score (nSPS) is 17.0. The van der Waals surface area contributed by atoms with Gasteiger partial charge in [0.2, 0.25) is 0 Å². The van der Waals surface area contributed by atoms with Crippen LogP contribution in [0, 0.1) is 0 Å². The van der Waals surface area contributed by atoms with Crippen LogP contribution in [0.2, 0.25) is 0 Å². The molecule has 61 heavy (non-hydrogen) atoms. The Morgan fingerprint density at radius 1 is 0.344 bits per heavy atom. The molecule has 0 saturated carbocycles. The molecule has 13 rings (SSSR count). The molecule has 13 aromatic rings. The van der Waals surface area contributed by atoms with Crippen LogP contribution in [0.1, 0.15) is 30.2 Å². The van der Waals surface area contributed by atoms with E-state index >= 15 is 0 Å². The van der Waals surface area contributed by atoms with Crippen molar-refractivity contribution in [1.29, 1.82) is 0 Å². The highest BCUT2D eigenvalue weighted by Crippen LogP contribution is 2.41. The number of furan rings is 1. The summed E-state index contributed by atoms with van der Waals surface area (Å²) in [6, 6.07) is 5.67. The Morgan fingerprint density at radius 2 is 0.754 bits per heavy atom. The fraction of sp³-hybridized carbons (Fsp3) is 0. The first kappa shape index (κ1) is 18.8. The maximum Gasteiger partial charge on any atom is 0.180 e. The first-order valence-corrected chi connectivity index (χ1v) is 19.0. The monoisotopic (exact) mass is 796 g/mol. The molecule has 282 valence electrons. The maximum absolute atomic E-state index is 9.72. The molecule has 0 atom stereocenters. The largest absolute Gasteiger partial charge is 0.452 e. The minimum atomic E-state index is -0.667. The summed E-state index contributed by atoms with van der Waals surface area (Å²) in [6.45, 7) is 0. The van der Waals surface area contributed by atoms with E-state index in [2.05, 4.69) is 9.97 Å². The fourth-order valence-corrected chi connectivity index (χ4v) is 8.24. The summed E-state index contributed by atoms with van der Waals surface area (Å²) in [5.74, 6) is 0. The van der Waals surface area contributed by atoms with E-state index in [0.29, 0.717) is 33.2 Å². The van der Waals surface area contributed by atoms with Crippen molar-refractivity contribution in [2.45, 2.75) is 0 Å². The summed E-state index contributed by atoms with van der Waals surface area (Å²) in [7, 11) is 0. The summed E-state index contributed by atoms with van der Waals surface area (Å²) in [4.78, 5) is 9.18. The van der Waals surface area contributed by atoms with E-state index in [-0.39, 0.29) is 98.2 Å². The minimum Gasteiger partial charge on any atom is -0.452 e. The zero-order valence-corrected chi connectivity index (χ0v) is 31.2. The Labute approximate surface area is 381 Å². The summed E-state index contributed by atoms with van der Waals surface area (Å²) in [5, 5.41) is -2.31. The lowest BCUT2D eigenvalue weighted by Gasteiger charge is -2.12. The summed E-state index contributed by atoms with van der Waals surface area (Å²) < 4.78 is 203.